The summed E-state index contributed by atoms with van der Waals surface area (Å²) in [6.07, 6.45) is 7.22. The molecule has 0 aliphatic heterocycles. The molecule has 1 amide bonds. The minimum Gasteiger partial charge on any atom is -0.375 e. The summed E-state index contributed by atoms with van der Waals surface area (Å²) < 4.78 is 0.938. The van der Waals surface area contributed by atoms with Crippen molar-refractivity contribution >= 4 is 39.1 Å². The van der Waals surface area contributed by atoms with Crippen LogP contribution < -0.4 is 10.6 Å². The van der Waals surface area contributed by atoms with E-state index in [4.69, 9.17) is 11.6 Å². The number of benzene rings is 1. The number of carbonyl (C=O) groups excluding carboxylic acids is 1. The van der Waals surface area contributed by atoms with Crippen molar-refractivity contribution in [2.24, 2.45) is 0 Å². The molecule has 0 atom stereocenters. The van der Waals surface area contributed by atoms with E-state index in [2.05, 4.69) is 26.6 Å². The molecule has 2 rings (SSSR count). The van der Waals surface area contributed by atoms with Crippen LogP contribution in [0.25, 0.3) is 0 Å². The van der Waals surface area contributed by atoms with E-state index >= 15 is 0 Å². The van der Waals surface area contributed by atoms with Gasteiger partial charge in [-0.3, -0.25) is 4.79 Å². The molecule has 3 nitrogen and oxygen atoms in total. The summed E-state index contributed by atoms with van der Waals surface area (Å²) in [4.78, 5) is 12.0. The van der Waals surface area contributed by atoms with Crippen molar-refractivity contribution in [3.8, 4) is 0 Å². The van der Waals surface area contributed by atoms with Crippen molar-refractivity contribution in [2.45, 2.75) is 44.6 Å². The van der Waals surface area contributed by atoms with Crippen molar-refractivity contribution in [2.75, 3.05) is 11.9 Å². The number of hydrogen-bond acceptors (Lipinski definition) is 2. The topological polar surface area (TPSA) is 41.1 Å². The number of halogens is 2. The average molecular weight is 360 g/mol. The molecule has 5 heteroatoms. The highest BCUT2D eigenvalue weighted by Crippen LogP contribution is 2.25. The van der Waals surface area contributed by atoms with Gasteiger partial charge in [0.05, 0.1) is 17.3 Å². The molecule has 0 spiro atoms. The van der Waals surface area contributed by atoms with Gasteiger partial charge in [0.25, 0.3) is 0 Å². The number of anilines is 1. The molecule has 20 heavy (non-hydrogen) atoms. The maximum Gasteiger partial charge on any atom is 0.239 e. The van der Waals surface area contributed by atoms with E-state index in [0.717, 1.165) is 23.0 Å². The lowest BCUT2D eigenvalue weighted by Gasteiger charge is -2.17. The Morgan fingerprint density at radius 2 is 1.95 bits per heavy atom. The number of carbonyl (C=O) groups is 1. The minimum atomic E-state index is 0.0351. The molecule has 1 aliphatic carbocycles. The lowest BCUT2D eigenvalue weighted by molar-refractivity contribution is -0.120. The predicted octanol–water partition coefficient (Wildman–Crippen LogP) is 4.35. The van der Waals surface area contributed by atoms with Crippen LogP contribution >= 0.6 is 27.5 Å². The molecular weight excluding hydrogens is 340 g/mol. The molecule has 1 aliphatic rings. The standard InChI is InChI=1S/C15H20BrClN2O/c16-11-7-8-13(17)14(9-11)18-10-15(20)19-12-5-3-1-2-4-6-12/h7-9,12,18H,1-6,10H2,(H,19,20). The van der Waals surface area contributed by atoms with Gasteiger partial charge in [-0.2, -0.15) is 0 Å². The number of rotatable bonds is 4. The van der Waals surface area contributed by atoms with Crippen LogP contribution in [0.1, 0.15) is 38.5 Å². The molecule has 0 bridgehead atoms. The van der Waals surface area contributed by atoms with Gasteiger partial charge in [-0.1, -0.05) is 53.2 Å². The van der Waals surface area contributed by atoms with Crippen LogP contribution in [0.15, 0.2) is 22.7 Å². The van der Waals surface area contributed by atoms with E-state index < -0.39 is 0 Å². The summed E-state index contributed by atoms with van der Waals surface area (Å²) in [6, 6.07) is 5.89. The van der Waals surface area contributed by atoms with Crippen molar-refractivity contribution in [1.82, 2.24) is 5.32 Å². The SMILES string of the molecule is O=C(CNc1cc(Br)ccc1Cl)NC1CCCCCC1. The molecule has 0 aromatic heterocycles. The Bertz CT molecular complexity index is 459. The van der Waals surface area contributed by atoms with Crippen LogP contribution in [0.3, 0.4) is 0 Å². The van der Waals surface area contributed by atoms with Crippen LogP contribution in [0.2, 0.25) is 5.02 Å². The van der Waals surface area contributed by atoms with Crippen LogP contribution in [-0.4, -0.2) is 18.5 Å². The lowest BCUT2D eigenvalue weighted by Crippen LogP contribution is -2.38. The quantitative estimate of drug-likeness (QED) is 0.785. The summed E-state index contributed by atoms with van der Waals surface area (Å²) in [7, 11) is 0. The van der Waals surface area contributed by atoms with Gasteiger partial charge in [-0.15, -0.1) is 0 Å². The number of nitrogens with one attached hydrogen (secondary N) is 2. The first-order valence-electron chi connectivity index (χ1n) is 7.13. The number of amides is 1. The summed E-state index contributed by atoms with van der Waals surface area (Å²) in [6.45, 7) is 0.257. The summed E-state index contributed by atoms with van der Waals surface area (Å²) in [5.41, 5.74) is 0.775. The van der Waals surface area contributed by atoms with Gasteiger partial charge in [0, 0.05) is 10.5 Å². The fourth-order valence-corrected chi connectivity index (χ4v) is 3.06. The third kappa shape index (κ3) is 4.98. The van der Waals surface area contributed by atoms with Gasteiger partial charge in [-0.25, -0.2) is 0 Å². The van der Waals surface area contributed by atoms with Gasteiger partial charge in [-0.05, 0) is 31.0 Å². The highest BCUT2D eigenvalue weighted by atomic mass is 79.9. The summed E-state index contributed by atoms with van der Waals surface area (Å²) >= 11 is 9.47. The maximum atomic E-state index is 12.0. The Morgan fingerprint density at radius 1 is 1.25 bits per heavy atom. The summed E-state index contributed by atoms with van der Waals surface area (Å²) in [5.74, 6) is 0.0351. The van der Waals surface area contributed by atoms with E-state index in [1.54, 1.807) is 6.07 Å². The van der Waals surface area contributed by atoms with E-state index in [1.165, 1.54) is 25.7 Å². The molecule has 1 aromatic rings. The van der Waals surface area contributed by atoms with Crippen molar-refractivity contribution in [3.63, 3.8) is 0 Å². The highest BCUT2D eigenvalue weighted by Gasteiger charge is 2.14. The van der Waals surface area contributed by atoms with Crippen LogP contribution in [0.4, 0.5) is 5.69 Å². The second-order valence-corrected chi connectivity index (χ2v) is 6.56. The Kier molecular flexibility index (Phi) is 6.17. The zero-order valence-corrected chi connectivity index (χ0v) is 13.8. The zero-order chi connectivity index (χ0) is 14.4. The van der Waals surface area contributed by atoms with E-state index in [1.807, 2.05) is 12.1 Å². The minimum absolute atomic E-state index is 0.0351. The zero-order valence-electron chi connectivity index (χ0n) is 11.4. The molecule has 2 N–H and O–H groups in total. The molecule has 0 heterocycles. The smallest absolute Gasteiger partial charge is 0.239 e. The van der Waals surface area contributed by atoms with Crippen LogP contribution in [-0.2, 0) is 4.79 Å². The monoisotopic (exact) mass is 358 g/mol. The first kappa shape index (κ1) is 15.6. The van der Waals surface area contributed by atoms with Crippen molar-refractivity contribution in [1.29, 1.82) is 0 Å². The second kappa shape index (κ2) is 7.89. The van der Waals surface area contributed by atoms with Gasteiger partial charge >= 0.3 is 0 Å². The lowest BCUT2D eigenvalue weighted by atomic mass is 10.1. The van der Waals surface area contributed by atoms with Gasteiger partial charge in [0.1, 0.15) is 0 Å². The Hall–Kier alpha value is -0.740. The van der Waals surface area contributed by atoms with E-state index in [9.17, 15) is 4.79 Å². The highest BCUT2D eigenvalue weighted by molar-refractivity contribution is 9.10. The second-order valence-electron chi connectivity index (χ2n) is 5.23. The first-order chi connectivity index (χ1) is 9.65. The third-order valence-electron chi connectivity index (χ3n) is 3.59. The predicted molar refractivity (Wildman–Crippen MR) is 87.3 cm³/mol. The molecule has 0 unspecified atom stereocenters. The largest absolute Gasteiger partial charge is 0.375 e. The number of hydrogen-bond donors (Lipinski definition) is 2. The van der Waals surface area contributed by atoms with E-state index in [-0.39, 0.29) is 12.5 Å². The maximum absolute atomic E-state index is 12.0. The molecule has 0 radical (unpaired) electrons. The Morgan fingerprint density at radius 3 is 2.65 bits per heavy atom. The van der Waals surface area contributed by atoms with Gasteiger partial charge in [0.2, 0.25) is 5.91 Å². The van der Waals surface area contributed by atoms with E-state index in [0.29, 0.717) is 11.1 Å². The third-order valence-corrected chi connectivity index (χ3v) is 4.41. The van der Waals surface area contributed by atoms with Crippen LogP contribution in [0.5, 0.6) is 0 Å². The fraction of sp³-hybridized carbons (Fsp3) is 0.533. The average Bonchev–Trinajstić information content (AvgIpc) is 2.68. The molecule has 110 valence electrons. The Balaban J connectivity index is 1.81. The first-order valence-corrected chi connectivity index (χ1v) is 8.30. The van der Waals surface area contributed by atoms with Crippen LogP contribution in [0, 0.1) is 0 Å². The van der Waals surface area contributed by atoms with Gasteiger partial charge < -0.3 is 10.6 Å². The molecule has 0 saturated heterocycles. The van der Waals surface area contributed by atoms with Gasteiger partial charge in [0.15, 0.2) is 0 Å². The van der Waals surface area contributed by atoms with Crippen molar-refractivity contribution in [3.05, 3.63) is 27.7 Å². The molecule has 1 aromatic carbocycles. The Labute approximate surface area is 133 Å². The molecule has 1 saturated carbocycles. The summed E-state index contributed by atoms with van der Waals surface area (Å²) in [5, 5.41) is 6.81. The fourth-order valence-electron chi connectivity index (χ4n) is 2.51. The molecule has 1 fully saturated rings. The van der Waals surface area contributed by atoms with Crippen molar-refractivity contribution < 1.29 is 4.79 Å². The molecular formula is C15H20BrClN2O. The normalized spacial score (nSPS) is 16.5.